The molecule has 0 aromatic carbocycles. The fraction of sp³-hybridized carbons (Fsp3) is 0.613. The van der Waals surface area contributed by atoms with Crippen LogP contribution in [0.15, 0.2) is 72.4 Å². The van der Waals surface area contributed by atoms with E-state index in [9.17, 15) is 0 Å². The maximum Gasteiger partial charge on any atom is -0.0280 e. The first-order chi connectivity index (χ1) is 14.9. The lowest BCUT2D eigenvalue weighted by atomic mass is 9.87. The SMILES string of the molecule is C=CCCCCC(CCC=C)=C(C)CCCC(CCC(=C)C)=C(CC)CC(C)CC=C. The lowest BCUT2D eigenvalue weighted by molar-refractivity contribution is 0.567. The third-order valence-electron chi connectivity index (χ3n) is 6.37. The molecule has 0 saturated carbocycles. The molecule has 0 amide bonds. The Balaban J connectivity index is 5.19. The summed E-state index contributed by atoms with van der Waals surface area (Å²) in [4.78, 5) is 0. The second kappa shape index (κ2) is 19.1. The van der Waals surface area contributed by atoms with Crippen LogP contribution in [0.2, 0.25) is 0 Å². The fourth-order valence-corrected chi connectivity index (χ4v) is 4.37. The van der Waals surface area contributed by atoms with Crippen LogP contribution in [0, 0.1) is 5.92 Å². The molecule has 0 heterocycles. The Bertz CT molecular complexity index is 596. The monoisotopic (exact) mass is 424 g/mol. The van der Waals surface area contributed by atoms with E-state index in [2.05, 4.69) is 66.2 Å². The average Bonchev–Trinajstić information content (AvgIpc) is 2.74. The second-order valence-corrected chi connectivity index (χ2v) is 9.45. The number of hydrogen-bond donors (Lipinski definition) is 0. The van der Waals surface area contributed by atoms with Crippen molar-refractivity contribution < 1.29 is 0 Å². The van der Waals surface area contributed by atoms with Gasteiger partial charge in [0.15, 0.2) is 0 Å². The molecular formula is C31H52. The van der Waals surface area contributed by atoms with Gasteiger partial charge in [-0.15, -0.1) is 26.3 Å². The summed E-state index contributed by atoms with van der Waals surface area (Å²) in [7, 11) is 0. The minimum atomic E-state index is 0.690. The van der Waals surface area contributed by atoms with Gasteiger partial charge in [-0.25, -0.2) is 0 Å². The molecule has 1 unspecified atom stereocenters. The second-order valence-electron chi connectivity index (χ2n) is 9.45. The van der Waals surface area contributed by atoms with Crippen LogP contribution in [0.4, 0.5) is 0 Å². The van der Waals surface area contributed by atoms with Crippen LogP contribution in [0.1, 0.15) is 118 Å². The van der Waals surface area contributed by atoms with Gasteiger partial charge in [-0.3, -0.25) is 0 Å². The topological polar surface area (TPSA) is 0 Å². The van der Waals surface area contributed by atoms with Gasteiger partial charge in [-0.1, -0.05) is 59.9 Å². The summed E-state index contributed by atoms with van der Waals surface area (Å²) in [6.07, 6.45) is 22.9. The molecule has 31 heavy (non-hydrogen) atoms. The first-order valence-corrected chi connectivity index (χ1v) is 12.7. The Morgan fingerprint density at radius 3 is 1.97 bits per heavy atom. The van der Waals surface area contributed by atoms with Crippen LogP contribution >= 0.6 is 0 Å². The first-order valence-electron chi connectivity index (χ1n) is 12.7. The normalized spacial score (nSPS) is 13.8. The number of rotatable bonds is 20. The molecule has 0 rings (SSSR count). The zero-order valence-corrected chi connectivity index (χ0v) is 21.5. The van der Waals surface area contributed by atoms with Crippen LogP contribution in [0.3, 0.4) is 0 Å². The molecular weight excluding hydrogens is 372 g/mol. The van der Waals surface area contributed by atoms with E-state index >= 15 is 0 Å². The minimum absolute atomic E-state index is 0.690. The molecule has 0 bridgehead atoms. The summed E-state index contributed by atoms with van der Waals surface area (Å²) < 4.78 is 0. The van der Waals surface area contributed by atoms with Crippen molar-refractivity contribution in [2.24, 2.45) is 5.92 Å². The van der Waals surface area contributed by atoms with Gasteiger partial charge in [0.1, 0.15) is 0 Å². The summed E-state index contributed by atoms with van der Waals surface area (Å²) in [5, 5.41) is 0. The predicted octanol–water partition coefficient (Wildman–Crippen LogP) is 10.9. The van der Waals surface area contributed by atoms with Gasteiger partial charge in [-0.2, -0.15) is 0 Å². The summed E-state index contributed by atoms with van der Waals surface area (Å²) in [5.74, 6) is 0.690. The van der Waals surface area contributed by atoms with Crippen molar-refractivity contribution in [2.75, 3.05) is 0 Å². The molecule has 0 heteroatoms. The lowest BCUT2D eigenvalue weighted by Crippen LogP contribution is -2.01. The van der Waals surface area contributed by atoms with E-state index in [0.29, 0.717) is 5.92 Å². The third-order valence-corrected chi connectivity index (χ3v) is 6.37. The Kier molecular flexibility index (Phi) is 18.2. The van der Waals surface area contributed by atoms with Gasteiger partial charge in [0.05, 0.1) is 0 Å². The van der Waals surface area contributed by atoms with Crippen LogP contribution in [-0.4, -0.2) is 0 Å². The van der Waals surface area contributed by atoms with E-state index in [1.165, 1.54) is 69.8 Å². The summed E-state index contributed by atoms with van der Waals surface area (Å²) in [6.45, 7) is 25.1. The summed E-state index contributed by atoms with van der Waals surface area (Å²) in [6, 6.07) is 0. The highest BCUT2D eigenvalue weighted by Crippen LogP contribution is 2.29. The van der Waals surface area contributed by atoms with Crippen LogP contribution < -0.4 is 0 Å². The molecule has 0 aromatic rings. The van der Waals surface area contributed by atoms with Crippen molar-refractivity contribution in [1.82, 2.24) is 0 Å². The molecule has 0 nitrogen and oxygen atoms in total. The lowest BCUT2D eigenvalue weighted by Gasteiger charge is -2.19. The molecule has 0 radical (unpaired) electrons. The van der Waals surface area contributed by atoms with Gasteiger partial charge in [-0.05, 0) is 110 Å². The maximum atomic E-state index is 4.15. The van der Waals surface area contributed by atoms with Crippen molar-refractivity contribution in [2.45, 2.75) is 118 Å². The molecule has 1 atom stereocenters. The van der Waals surface area contributed by atoms with Gasteiger partial charge < -0.3 is 0 Å². The Hall–Kier alpha value is -1.56. The van der Waals surface area contributed by atoms with E-state index in [1.54, 1.807) is 22.3 Å². The Morgan fingerprint density at radius 2 is 1.39 bits per heavy atom. The van der Waals surface area contributed by atoms with Crippen molar-refractivity contribution in [1.29, 1.82) is 0 Å². The summed E-state index contributed by atoms with van der Waals surface area (Å²) in [5.41, 5.74) is 7.99. The Morgan fingerprint density at radius 1 is 0.710 bits per heavy atom. The predicted molar refractivity (Wildman–Crippen MR) is 145 cm³/mol. The van der Waals surface area contributed by atoms with Gasteiger partial charge in [0.2, 0.25) is 0 Å². The molecule has 0 spiro atoms. The fourth-order valence-electron chi connectivity index (χ4n) is 4.37. The van der Waals surface area contributed by atoms with Crippen molar-refractivity contribution >= 4 is 0 Å². The van der Waals surface area contributed by atoms with E-state index in [1.807, 2.05) is 6.08 Å². The van der Waals surface area contributed by atoms with Crippen molar-refractivity contribution in [3.63, 3.8) is 0 Å². The minimum Gasteiger partial charge on any atom is -0.103 e. The largest absolute Gasteiger partial charge is 0.103 e. The highest BCUT2D eigenvalue weighted by molar-refractivity contribution is 5.18. The Labute approximate surface area is 196 Å². The molecule has 0 saturated heterocycles. The van der Waals surface area contributed by atoms with Gasteiger partial charge >= 0.3 is 0 Å². The van der Waals surface area contributed by atoms with E-state index in [-0.39, 0.29) is 0 Å². The maximum absolute atomic E-state index is 4.15. The molecule has 0 fully saturated rings. The van der Waals surface area contributed by atoms with E-state index in [4.69, 9.17) is 0 Å². The molecule has 176 valence electrons. The molecule has 0 aliphatic carbocycles. The van der Waals surface area contributed by atoms with Crippen LogP contribution in [0.25, 0.3) is 0 Å². The highest BCUT2D eigenvalue weighted by atomic mass is 14.2. The number of allylic oxidation sites excluding steroid dienone is 8. The van der Waals surface area contributed by atoms with Crippen LogP contribution in [-0.2, 0) is 0 Å². The number of unbranched alkanes of at least 4 members (excludes halogenated alkanes) is 2. The van der Waals surface area contributed by atoms with Crippen molar-refractivity contribution in [3.8, 4) is 0 Å². The highest BCUT2D eigenvalue weighted by Gasteiger charge is 2.11. The van der Waals surface area contributed by atoms with E-state index < -0.39 is 0 Å². The number of hydrogen-bond acceptors (Lipinski definition) is 0. The molecule has 0 N–H and O–H groups in total. The van der Waals surface area contributed by atoms with Gasteiger partial charge in [0, 0.05) is 0 Å². The van der Waals surface area contributed by atoms with Gasteiger partial charge in [0.25, 0.3) is 0 Å². The molecule has 0 aliphatic rings. The molecule has 0 aromatic heterocycles. The van der Waals surface area contributed by atoms with Crippen molar-refractivity contribution in [3.05, 3.63) is 72.4 Å². The standard InChI is InChI=1S/C31H52/c1-9-13-15-16-21-30(20-14-10-2)28(8)19-17-22-31(24-23-26(5)6)29(12-4)25-27(7)18-11-3/h9-11,27H,1-3,5,12-25H2,4,6-8H3. The zero-order valence-electron chi connectivity index (χ0n) is 21.5. The quantitative estimate of drug-likeness (QED) is 0.135. The first kappa shape index (κ1) is 29.4. The molecule has 0 aliphatic heterocycles. The summed E-state index contributed by atoms with van der Waals surface area (Å²) >= 11 is 0. The average molecular weight is 425 g/mol. The third kappa shape index (κ3) is 15.0. The van der Waals surface area contributed by atoms with Crippen LogP contribution in [0.5, 0.6) is 0 Å². The smallest absolute Gasteiger partial charge is 0.0280 e. The zero-order chi connectivity index (χ0) is 23.5. The van der Waals surface area contributed by atoms with E-state index in [0.717, 1.165) is 25.7 Å².